The summed E-state index contributed by atoms with van der Waals surface area (Å²) in [5.74, 6) is -0.139. The number of carbonyl (C=O) groups is 1. The Bertz CT molecular complexity index is 192. The van der Waals surface area contributed by atoms with Crippen LogP contribution in [-0.4, -0.2) is 37.6 Å². The third-order valence-corrected chi connectivity index (χ3v) is 2.50. The quantitative estimate of drug-likeness (QED) is 0.326. The fourth-order valence-electron chi connectivity index (χ4n) is 1.63. The number of carbonyl (C=O) groups excluding carboxylic acids is 1. The number of rotatable bonds is 10. The highest BCUT2D eigenvalue weighted by Gasteiger charge is 2.09. The molecule has 0 aromatic carbocycles. The first-order valence-corrected chi connectivity index (χ1v) is 6.14. The molecule has 3 nitrogen and oxygen atoms in total. The Balaban J connectivity index is 3.66. The topological polar surface area (TPSA) is 29.5 Å². The molecular formula is C13H25NO2. The van der Waals surface area contributed by atoms with Gasteiger partial charge in [0.1, 0.15) is 0 Å². The van der Waals surface area contributed by atoms with Gasteiger partial charge >= 0.3 is 5.97 Å². The van der Waals surface area contributed by atoms with Gasteiger partial charge in [0, 0.05) is 0 Å². The highest BCUT2D eigenvalue weighted by Crippen LogP contribution is 2.03. The molecule has 94 valence electrons. The van der Waals surface area contributed by atoms with Gasteiger partial charge in [-0.25, -0.2) is 0 Å². The molecule has 3 heteroatoms. The molecule has 16 heavy (non-hydrogen) atoms. The lowest BCUT2D eigenvalue weighted by Gasteiger charge is -2.19. The molecule has 0 unspecified atom stereocenters. The van der Waals surface area contributed by atoms with Crippen LogP contribution in [-0.2, 0) is 9.53 Å². The first-order valence-electron chi connectivity index (χ1n) is 6.14. The van der Waals surface area contributed by atoms with Crippen molar-refractivity contribution in [1.29, 1.82) is 0 Å². The molecule has 0 amide bonds. The van der Waals surface area contributed by atoms with Crippen molar-refractivity contribution in [3.8, 4) is 0 Å². The van der Waals surface area contributed by atoms with E-state index in [2.05, 4.69) is 23.1 Å². The molecule has 0 aliphatic carbocycles. The zero-order chi connectivity index (χ0) is 12.2. The molecule has 0 spiro atoms. The van der Waals surface area contributed by atoms with Crippen LogP contribution in [0.25, 0.3) is 0 Å². The van der Waals surface area contributed by atoms with Crippen molar-refractivity contribution in [3.05, 3.63) is 12.7 Å². The maximum atomic E-state index is 11.2. The summed E-state index contributed by atoms with van der Waals surface area (Å²) in [6, 6.07) is 0. The van der Waals surface area contributed by atoms with Crippen LogP contribution in [0.3, 0.4) is 0 Å². The van der Waals surface area contributed by atoms with E-state index in [1.165, 1.54) is 20.0 Å². The predicted octanol–water partition coefficient (Wildman–Crippen LogP) is 2.62. The number of unbranched alkanes of at least 4 members (excludes halogenated alkanes) is 3. The van der Waals surface area contributed by atoms with Crippen molar-refractivity contribution in [2.75, 3.05) is 26.7 Å². The highest BCUT2D eigenvalue weighted by atomic mass is 16.5. The molecule has 0 saturated carbocycles. The van der Waals surface area contributed by atoms with E-state index in [9.17, 15) is 4.79 Å². The van der Waals surface area contributed by atoms with Gasteiger partial charge in [-0.3, -0.25) is 9.69 Å². The van der Waals surface area contributed by atoms with Crippen LogP contribution in [0.2, 0.25) is 0 Å². The van der Waals surface area contributed by atoms with E-state index in [0.717, 1.165) is 32.4 Å². The lowest BCUT2D eigenvalue weighted by Crippen LogP contribution is -2.32. The zero-order valence-electron chi connectivity index (χ0n) is 10.7. The van der Waals surface area contributed by atoms with Gasteiger partial charge in [0.15, 0.2) is 0 Å². The Hall–Kier alpha value is -0.830. The van der Waals surface area contributed by atoms with E-state index in [0.29, 0.717) is 6.54 Å². The van der Waals surface area contributed by atoms with Crippen molar-refractivity contribution in [3.63, 3.8) is 0 Å². The summed E-state index contributed by atoms with van der Waals surface area (Å²) in [7, 11) is 1.44. The van der Waals surface area contributed by atoms with Gasteiger partial charge < -0.3 is 4.74 Å². The van der Waals surface area contributed by atoms with Gasteiger partial charge in [-0.2, -0.15) is 0 Å². The third kappa shape index (κ3) is 8.48. The van der Waals surface area contributed by atoms with Crippen LogP contribution < -0.4 is 0 Å². The van der Waals surface area contributed by atoms with Gasteiger partial charge in [-0.1, -0.05) is 19.4 Å². The Morgan fingerprint density at radius 3 is 2.62 bits per heavy atom. The molecule has 0 N–H and O–H groups in total. The van der Waals surface area contributed by atoms with E-state index >= 15 is 0 Å². The van der Waals surface area contributed by atoms with Crippen molar-refractivity contribution in [2.24, 2.45) is 0 Å². The van der Waals surface area contributed by atoms with Gasteiger partial charge in [-0.05, 0) is 38.8 Å². The van der Waals surface area contributed by atoms with Crippen LogP contribution in [0, 0.1) is 0 Å². The number of allylic oxidation sites excluding steroid dienone is 1. The van der Waals surface area contributed by atoms with Crippen LogP contribution in [0.5, 0.6) is 0 Å². The van der Waals surface area contributed by atoms with Crippen LogP contribution >= 0.6 is 0 Å². The van der Waals surface area contributed by atoms with Crippen molar-refractivity contribution < 1.29 is 9.53 Å². The van der Waals surface area contributed by atoms with E-state index in [-0.39, 0.29) is 5.97 Å². The largest absolute Gasteiger partial charge is 0.468 e. The molecule has 0 atom stereocenters. The first-order chi connectivity index (χ1) is 7.74. The molecule has 0 saturated heterocycles. The lowest BCUT2D eigenvalue weighted by molar-refractivity contribution is -0.141. The number of methoxy groups -OCH3 is 1. The fourth-order valence-corrected chi connectivity index (χ4v) is 1.63. The average molecular weight is 227 g/mol. The van der Waals surface area contributed by atoms with Crippen LogP contribution in [0.4, 0.5) is 0 Å². The van der Waals surface area contributed by atoms with Gasteiger partial charge in [0.25, 0.3) is 0 Å². The molecule has 0 rings (SSSR count). The minimum atomic E-state index is -0.139. The third-order valence-electron chi connectivity index (χ3n) is 2.50. The SMILES string of the molecule is C=CCCCCCN(CCC)CC(=O)OC. The molecule has 0 radical (unpaired) electrons. The zero-order valence-corrected chi connectivity index (χ0v) is 10.7. The minimum absolute atomic E-state index is 0.139. The molecule has 0 fully saturated rings. The number of ether oxygens (including phenoxy) is 1. The second kappa shape index (κ2) is 10.7. The second-order valence-electron chi connectivity index (χ2n) is 3.99. The van der Waals surface area contributed by atoms with Crippen molar-refractivity contribution in [1.82, 2.24) is 4.90 Å². The summed E-state index contributed by atoms with van der Waals surface area (Å²) in [5.41, 5.74) is 0. The monoisotopic (exact) mass is 227 g/mol. The standard InChI is InChI=1S/C13H25NO2/c1-4-6-7-8-9-11-14(10-5-2)12-13(15)16-3/h4H,1,5-12H2,2-3H3. The molecule has 0 aliphatic rings. The molecule has 0 bridgehead atoms. The van der Waals surface area contributed by atoms with Crippen LogP contribution in [0.1, 0.15) is 39.0 Å². The number of hydrogen-bond donors (Lipinski definition) is 0. The minimum Gasteiger partial charge on any atom is -0.468 e. The van der Waals surface area contributed by atoms with Crippen molar-refractivity contribution in [2.45, 2.75) is 39.0 Å². The number of hydrogen-bond acceptors (Lipinski definition) is 3. The molecule has 0 aromatic rings. The van der Waals surface area contributed by atoms with Gasteiger partial charge in [-0.15, -0.1) is 6.58 Å². The molecular weight excluding hydrogens is 202 g/mol. The maximum absolute atomic E-state index is 11.2. The summed E-state index contributed by atoms with van der Waals surface area (Å²) in [4.78, 5) is 13.3. The Morgan fingerprint density at radius 2 is 2.06 bits per heavy atom. The number of nitrogens with zero attached hydrogens (tertiary/aromatic N) is 1. The van der Waals surface area contributed by atoms with E-state index in [4.69, 9.17) is 0 Å². The van der Waals surface area contributed by atoms with E-state index < -0.39 is 0 Å². The van der Waals surface area contributed by atoms with E-state index in [1.54, 1.807) is 0 Å². The van der Waals surface area contributed by atoms with E-state index in [1.807, 2.05) is 6.08 Å². The molecule has 0 aromatic heterocycles. The predicted molar refractivity (Wildman–Crippen MR) is 67.4 cm³/mol. The second-order valence-corrected chi connectivity index (χ2v) is 3.99. The summed E-state index contributed by atoms with van der Waals surface area (Å²) >= 11 is 0. The lowest BCUT2D eigenvalue weighted by atomic mass is 10.2. The Morgan fingerprint density at radius 1 is 1.31 bits per heavy atom. The first kappa shape index (κ1) is 15.2. The Kier molecular flexibility index (Phi) is 10.1. The Labute approximate surface area is 99.5 Å². The number of esters is 1. The van der Waals surface area contributed by atoms with Crippen molar-refractivity contribution >= 4 is 5.97 Å². The summed E-state index contributed by atoms with van der Waals surface area (Å²) in [5, 5.41) is 0. The highest BCUT2D eigenvalue weighted by molar-refractivity contribution is 5.71. The van der Waals surface area contributed by atoms with Gasteiger partial charge in [0.05, 0.1) is 13.7 Å². The summed E-state index contributed by atoms with van der Waals surface area (Å²) < 4.78 is 4.68. The molecule has 0 aliphatic heterocycles. The van der Waals surface area contributed by atoms with Gasteiger partial charge in [0.2, 0.25) is 0 Å². The average Bonchev–Trinajstić information content (AvgIpc) is 2.28. The summed E-state index contributed by atoms with van der Waals surface area (Å²) in [6.45, 7) is 8.21. The fraction of sp³-hybridized carbons (Fsp3) is 0.769. The summed E-state index contributed by atoms with van der Waals surface area (Å²) in [6.07, 6.45) is 7.66. The van der Waals surface area contributed by atoms with Crippen LogP contribution in [0.15, 0.2) is 12.7 Å². The normalized spacial score (nSPS) is 10.4. The molecule has 0 heterocycles. The smallest absolute Gasteiger partial charge is 0.319 e. The maximum Gasteiger partial charge on any atom is 0.319 e.